The van der Waals surface area contributed by atoms with Crippen LogP contribution in [0.3, 0.4) is 0 Å². The van der Waals surface area contributed by atoms with E-state index < -0.39 is 24.4 Å². The van der Waals surface area contributed by atoms with Crippen molar-refractivity contribution in [2.24, 2.45) is 0 Å². The minimum Gasteiger partial charge on any atom is -0.433 e. The van der Waals surface area contributed by atoms with E-state index in [1.165, 1.54) is 19.2 Å². The van der Waals surface area contributed by atoms with Crippen LogP contribution in [0, 0.1) is 20.8 Å². The standard InChI is InChI=1S/C34H34ClF5N6O3/c1-19-6-9-24(21(3)20(19)2)26-18-30(49-33(47)45(5)28-16-22(34(38,39)40)7-10-25(28)35)43-32(42-26)41-23-8-11-27(29(17-23)48-31(36)37)46-14-12-44(4)13-15-46/h6-11,16-18,31H,12-15H2,1-5H3,(H,41,42,43). The van der Waals surface area contributed by atoms with Gasteiger partial charge < -0.3 is 24.6 Å². The monoisotopic (exact) mass is 704 g/mol. The number of hydrogen-bond donors (Lipinski definition) is 1. The van der Waals surface area contributed by atoms with E-state index >= 15 is 0 Å². The molecule has 1 aliphatic rings. The predicted molar refractivity (Wildman–Crippen MR) is 179 cm³/mol. The van der Waals surface area contributed by atoms with Gasteiger partial charge in [0.15, 0.2) is 5.75 Å². The van der Waals surface area contributed by atoms with Crippen molar-refractivity contribution in [3.8, 4) is 22.9 Å². The number of likely N-dealkylation sites (N-methyl/N-ethyl adjacent to an activating group) is 1. The molecule has 0 bridgehead atoms. The molecular formula is C34H34ClF5N6O3. The van der Waals surface area contributed by atoms with Gasteiger partial charge in [0, 0.05) is 56.6 Å². The Morgan fingerprint density at radius 3 is 2.35 bits per heavy atom. The van der Waals surface area contributed by atoms with E-state index in [4.69, 9.17) is 21.1 Å². The molecule has 15 heteroatoms. The molecule has 0 spiro atoms. The summed E-state index contributed by atoms with van der Waals surface area (Å²) in [5, 5.41) is 2.89. The van der Waals surface area contributed by atoms with Gasteiger partial charge in [0.1, 0.15) is 0 Å². The Hall–Kier alpha value is -4.69. The van der Waals surface area contributed by atoms with Gasteiger partial charge in [-0.2, -0.15) is 26.9 Å². The normalized spacial score (nSPS) is 13.8. The van der Waals surface area contributed by atoms with Crippen LogP contribution in [0.4, 0.5) is 49.8 Å². The minimum atomic E-state index is -4.67. The molecule has 0 atom stereocenters. The Labute approximate surface area is 285 Å². The Morgan fingerprint density at radius 2 is 1.67 bits per heavy atom. The lowest BCUT2D eigenvalue weighted by atomic mass is 9.97. The van der Waals surface area contributed by atoms with Gasteiger partial charge in [0.25, 0.3) is 0 Å². The number of alkyl halides is 5. The van der Waals surface area contributed by atoms with E-state index in [2.05, 4.69) is 20.2 Å². The highest BCUT2D eigenvalue weighted by Crippen LogP contribution is 2.37. The zero-order valence-corrected chi connectivity index (χ0v) is 28.1. The van der Waals surface area contributed by atoms with Crippen LogP contribution in [-0.4, -0.2) is 67.8 Å². The average molecular weight is 705 g/mol. The van der Waals surface area contributed by atoms with E-state index in [0.29, 0.717) is 35.7 Å². The molecule has 1 aromatic heterocycles. The van der Waals surface area contributed by atoms with Crippen LogP contribution in [0.2, 0.25) is 5.02 Å². The first-order valence-electron chi connectivity index (χ1n) is 15.2. The molecule has 0 unspecified atom stereocenters. The molecule has 0 aliphatic carbocycles. The molecule has 0 radical (unpaired) electrons. The highest BCUT2D eigenvalue weighted by Gasteiger charge is 2.32. The molecule has 1 fully saturated rings. The van der Waals surface area contributed by atoms with Gasteiger partial charge in [-0.25, -0.2) is 9.78 Å². The number of benzene rings is 3. The zero-order valence-electron chi connectivity index (χ0n) is 27.3. The van der Waals surface area contributed by atoms with Crippen LogP contribution in [-0.2, 0) is 6.18 Å². The molecule has 2 heterocycles. The Balaban J connectivity index is 1.51. The summed E-state index contributed by atoms with van der Waals surface area (Å²) in [6.07, 6.45) is -5.74. The Kier molecular flexibility index (Phi) is 10.5. The lowest BCUT2D eigenvalue weighted by Crippen LogP contribution is -2.44. The SMILES string of the molecule is Cc1ccc(-c2cc(OC(=O)N(C)c3cc(C(F)(F)F)ccc3Cl)nc(Nc3ccc(N4CCN(C)CC4)c(OC(F)F)c3)n2)c(C)c1C. The van der Waals surface area contributed by atoms with Gasteiger partial charge in [0.2, 0.25) is 11.8 Å². The van der Waals surface area contributed by atoms with Gasteiger partial charge in [-0.1, -0.05) is 23.7 Å². The van der Waals surface area contributed by atoms with Crippen LogP contribution in [0.1, 0.15) is 22.3 Å². The first kappa shape index (κ1) is 35.6. The topological polar surface area (TPSA) is 83.1 Å². The van der Waals surface area contributed by atoms with Gasteiger partial charge in [0.05, 0.1) is 27.7 Å². The molecule has 5 rings (SSSR count). The molecule has 1 saturated heterocycles. The van der Waals surface area contributed by atoms with E-state index in [0.717, 1.165) is 52.9 Å². The summed E-state index contributed by atoms with van der Waals surface area (Å²) in [6, 6.07) is 12.5. The minimum absolute atomic E-state index is 0.0445. The number of aromatic nitrogens is 2. The van der Waals surface area contributed by atoms with Crippen molar-refractivity contribution in [2.75, 3.05) is 55.4 Å². The van der Waals surface area contributed by atoms with Crippen LogP contribution >= 0.6 is 11.6 Å². The Bertz CT molecular complexity index is 1850. The first-order chi connectivity index (χ1) is 23.1. The van der Waals surface area contributed by atoms with Crippen molar-refractivity contribution >= 4 is 40.7 Å². The number of hydrogen-bond acceptors (Lipinski definition) is 8. The number of carbonyl (C=O) groups excluding carboxylic acids is 1. The number of nitrogens with one attached hydrogen (secondary N) is 1. The second-order valence-electron chi connectivity index (χ2n) is 11.7. The van der Waals surface area contributed by atoms with Crippen molar-refractivity contribution in [1.82, 2.24) is 14.9 Å². The number of piperazine rings is 1. The average Bonchev–Trinajstić information content (AvgIpc) is 3.03. The van der Waals surface area contributed by atoms with E-state index in [-0.39, 0.29) is 28.3 Å². The van der Waals surface area contributed by atoms with E-state index in [1.807, 2.05) is 44.9 Å². The fourth-order valence-corrected chi connectivity index (χ4v) is 5.57. The molecule has 4 aromatic rings. The maximum Gasteiger partial charge on any atom is 0.420 e. The number of amides is 1. The second kappa shape index (κ2) is 14.4. The summed E-state index contributed by atoms with van der Waals surface area (Å²) in [5.74, 6) is -0.326. The van der Waals surface area contributed by atoms with Gasteiger partial charge in [-0.15, -0.1) is 0 Å². The third kappa shape index (κ3) is 8.31. The third-order valence-corrected chi connectivity index (χ3v) is 8.73. The second-order valence-corrected chi connectivity index (χ2v) is 12.1. The van der Waals surface area contributed by atoms with E-state index in [9.17, 15) is 26.7 Å². The smallest absolute Gasteiger partial charge is 0.420 e. The molecule has 1 amide bonds. The van der Waals surface area contributed by atoms with E-state index in [1.54, 1.807) is 12.1 Å². The van der Waals surface area contributed by atoms with Gasteiger partial charge in [-0.05, 0) is 74.8 Å². The summed E-state index contributed by atoms with van der Waals surface area (Å²) < 4.78 is 77.6. The molecule has 0 saturated carbocycles. The number of carbonyl (C=O) groups is 1. The highest BCUT2D eigenvalue weighted by molar-refractivity contribution is 6.33. The summed E-state index contributed by atoms with van der Waals surface area (Å²) in [7, 11) is 3.20. The molecule has 1 aliphatic heterocycles. The van der Waals surface area contributed by atoms with Gasteiger partial charge in [-0.3, -0.25) is 4.90 Å². The van der Waals surface area contributed by atoms with Gasteiger partial charge >= 0.3 is 18.9 Å². The number of ether oxygens (including phenoxy) is 2. The summed E-state index contributed by atoms with van der Waals surface area (Å²) >= 11 is 6.15. The van der Waals surface area contributed by atoms with Crippen LogP contribution in [0.25, 0.3) is 11.3 Å². The first-order valence-corrected chi connectivity index (χ1v) is 15.6. The predicted octanol–water partition coefficient (Wildman–Crippen LogP) is 8.47. The van der Waals surface area contributed by atoms with Crippen molar-refractivity contribution < 1.29 is 36.2 Å². The lowest BCUT2D eigenvalue weighted by Gasteiger charge is -2.34. The fourth-order valence-electron chi connectivity index (χ4n) is 5.33. The van der Waals surface area contributed by atoms with Crippen LogP contribution < -0.4 is 24.6 Å². The largest absolute Gasteiger partial charge is 0.433 e. The number of anilines is 4. The highest BCUT2D eigenvalue weighted by atomic mass is 35.5. The molecule has 260 valence electrons. The molecule has 9 nitrogen and oxygen atoms in total. The van der Waals surface area contributed by atoms with Crippen LogP contribution in [0.5, 0.6) is 11.6 Å². The maximum absolute atomic E-state index is 13.5. The maximum atomic E-state index is 13.5. The molecule has 3 aromatic carbocycles. The summed E-state index contributed by atoms with van der Waals surface area (Å²) in [5.41, 5.74) is 3.61. The number of rotatable bonds is 8. The molecule has 49 heavy (non-hydrogen) atoms. The molecular weight excluding hydrogens is 671 g/mol. The van der Waals surface area contributed by atoms with Crippen molar-refractivity contribution in [2.45, 2.75) is 33.6 Å². The van der Waals surface area contributed by atoms with Crippen molar-refractivity contribution in [3.05, 3.63) is 81.9 Å². The quantitative estimate of drug-likeness (QED) is 0.183. The third-order valence-electron chi connectivity index (χ3n) is 8.41. The van der Waals surface area contributed by atoms with Crippen LogP contribution in [0.15, 0.2) is 54.6 Å². The number of halogens is 6. The number of nitrogens with zero attached hydrogens (tertiary/aromatic N) is 5. The summed E-state index contributed by atoms with van der Waals surface area (Å²) in [6.45, 7) is 5.51. The zero-order chi connectivity index (χ0) is 35.6. The number of aryl methyl sites for hydroxylation is 1. The Morgan fingerprint density at radius 1 is 0.959 bits per heavy atom. The fraction of sp³-hybridized carbons (Fsp3) is 0.324. The van der Waals surface area contributed by atoms with Crippen molar-refractivity contribution in [3.63, 3.8) is 0 Å². The van der Waals surface area contributed by atoms with Crippen molar-refractivity contribution in [1.29, 1.82) is 0 Å². The lowest BCUT2D eigenvalue weighted by molar-refractivity contribution is -0.137. The molecule has 1 N–H and O–H groups in total. The summed E-state index contributed by atoms with van der Waals surface area (Å²) in [4.78, 5) is 27.1.